The SMILES string of the molecule is O=C(CNC1CC1)c1cncc(F)c1. The lowest BCUT2D eigenvalue weighted by molar-refractivity contribution is 0.0989. The summed E-state index contributed by atoms with van der Waals surface area (Å²) in [7, 11) is 0. The second-order valence-corrected chi connectivity index (χ2v) is 3.47. The number of nitrogens with zero attached hydrogens (tertiary/aromatic N) is 1. The van der Waals surface area contributed by atoms with Crippen molar-refractivity contribution in [2.45, 2.75) is 18.9 Å². The third-order valence-corrected chi connectivity index (χ3v) is 2.16. The number of carbonyl (C=O) groups excluding carboxylic acids is 1. The highest BCUT2D eigenvalue weighted by molar-refractivity contribution is 5.97. The molecule has 1 aromatic rings. The van der Waals surface area contributed by atoms with Crippen LogP contribution in [0.1, 0.15) is 23.2 Å². The molecule has 3 nitrogen and oxygen atoms in total. The number of rotatable bonds is 4. The average Bonchev–Trinajstić information content (AvgIpc) is 2.97. The number of aromatic nitrogens is 1. The van der Waals surface area contributed by atoms with Gasteiger partial charge in [-0.3, -0.25) is 9.78 Å². The molecule has 14 heavy (non-hydrogen) atoms. The van der Waals surface area contributed by atoms with E-state index in [4.69, 9.17) is 0 Å². The molecule has 0 atom stereocenters. The summed E-state index contributed by atoms with van der Waals surface area (Å²) in [6.45, 7) is 0.274. The molecule has 0 aromatic carbocycles. The van der Waals surface area contributed by atoms with Gasteiger partial charge < -0.3 is 5.32 Å². The van der Waals surface area contributed by atoms with Crippen LogP contribution in [-0.4, -0.2) is 23.4 Å². The third kappa shape index (κ3) is 2.35. The number of ketones is 1. The fourth-order valence-corrected chi connectivity index (χ4v) is 1.19. The first-order chi connectivity index (χ1) is 6.75. The highest BCUT2D eigenvalue weighted by atomic mass is 19.1. The maximum Gasteiger partial charge on any atom is 0.178 e. The van der Waals surface area contributed by atoms with Crippen LogP contribution < -0.4 is 5.32 Å². The van der Waals surface area contributed by atoms with Crippen molar-refractivity contribution >= 4 is 5.78 Å². The van der Waals surface area contributed by atoms with Gasteiger partial charge in [0.25, 0.3) is 0 Å². The molecular weight excluding hydrogens is 183 g/mol. The summed E-state index contributed by atoms with van der Waals surface area (Å²) < 4.78 is 12.7. The molecule has 1 saturated carbocycles. The van der Waals surface area contributed by atoms with Crippen molar-refractivity contribution in [2.24, 2.45) is 0 Å². The van der Waals surface area contributed by atoms with E-state index in [0.29, 0.717) is 11.6 Å². The van der Waals surface area contributed by atoms with Gasteiger partial charge in [-0.15, -0.1) is 0 Å². The molecule has 1 aromatic heterocycles. The van der Waals surface area contributed by atoms with Crippen molar-refractivity contribution in [1.29, 1.82) is 0 Å². The molecule has 1 aliphatic rings. The molecule has 0 spiro atoms. The van der Waals surface area contributed by atoms with Gasteiger partial charge in [0.15, 0.2) is 5.78 Å². The summed E-state index contributed by atoms with van der Waals surface area (Å²) in [5.41, 5.74) is 0.332. The lowest BCUT2D eigenvalue weighted by Gasteiger charge is -2.01. The molecule has 1 N–H and O–H groups in total. The summed E-state index contributed by atoms with van der Waals surface area (Å²) in [5.74, 6) is -0.578. The van der Waals surface area contributed by atoms with Gasteiger partial charge in [-0.1, -0.05) is 0 Å². The molecule has 0 bridgehead atoms. The molecule has 0 radical (unpaired) electrons. The van der Waals surface area contributed by atoms with Crippen molar-refractivity contribution in [3.05, 3.63) is 29.8 Å². The Labute approximate surface area is 81.3 Å². The smallest absolute Gasteiger partial charge is 0.178 e. The van der Waals surface area contributed by atoms with Crippen molar-refractivity contribution < 1.29 is 9.18 Å². The van der Waals surface area contributed by atoms with E-state index < -0.39 is 5.82 Å². The highest BCUT2D eigenvalue weighted by Gasteiger charge is 2.21. The van der Waals surface area contributed by atoms with E-state index in [9.17, 15) is 9.18 Å². The monoisotopic (exact) mass is 194 g/mol. The lowest BCUT2D eigenvalue weighted by Crippen LogP contribution is -2.24. The zero-order chi connectivity index (χ0) is 9.97. The Bertz CT molecular complexity index is 350. The third-order valence-electron chi connectivity index (χ3n) is 2.16. The van der Waals surface area contributed by atoms with E-state index >= 15 is 0 Å². The van der Waals surface area contributed by atoms with Crippen LogP contribution in [0.5, 0.6) is 0 Å². The molecule has 4 heteroatoms. The first-order valence-corrected chi connectivity index (χ1v) is 4.63. The minimum atomic E-state index is -0.470. The fourth-order valence-electron chi connectivity index (χ4n) is 1.19. The molecule has 0 aliphatic heterocycles. The first kappa shape index (κ1) is 9.27. The largest absolute Gasteiger partial charge is 0.307 e. The summed E-state index contributed by atoms with van der Waals surface area (Å²) in [6.07, 6.45) is 4.74. The number of halogens is 1. The summed E-state index contributed by atoms with van der Waals surface area (Å²) in [5, 5.41) is 3.07. The van der Waals surface area contributed by atoms with E-state index in [1.807, 2.05) is 0 Å². The van der Waals surface area contributed by atoms with E-state index in [-0.39, 0.29) is 12.3 Å². The Kier molecular flexibility index (Phi) is 2.54. The molecule has 0 unspecified atom stereocenters. The number of hydrogen-bond donors (Lipinski definition) is 1. The number of carbonyl (C=O) groups is 1. The number of hydrogen-bond acceptors (Lipinski definition) is 3. The molecule has 0 saturated heterocycles. The van der Waals surface area contributed by atoms with Crippen LogP contribution in [0.25, 0.3) is 0 Å². The van der Waals surface area contributed by atoms with Crippen LogP contribution in [0.4, 0.5) is 4.39 Å². The van der Waals surface area contributed by atoms with Gasteiger partial charge in [0.05, 0.1) is 12.7 Å². The van der Waals surface area contributed by atoms with Crippen LogP contribution in [-0.2, 0) is 0 Å². The topological polar surface area (TPSA) is 42.0 Å². The zero-order valence-corrected chi connectivity index (χ0v) is 7.66. The summed E-state index contributed by atoms with van der Waals surface area (Å²) in [4.78, 5) is 15.1. The van der Waals surface area contributed by atoms with Crippen LogP contribution in [0, 0.1) is 5.82 Å². The Morgan fingerprint density at radius 3 is 3.00 bits per heavy atom. The van der Waals surface area contributed by atoms with Crippen molar-refractivity contribution in [2.75, 3.05) is 6.54 Å². The van der Waals surface area contributed by atoms with E-state index in [0.717, 1.165) is 19.0 Å². The van der Waals surface area contributed by atoms with Crippen molar-refractivity contribution in [3.63, 3.8) is 0 Å². The molecule has 2 rings (SSSR count). The molecule has 1 heterocycles. The maximum absolute atomic E-state index is 12.7. The first-order valence-electron chi connectivity index (χ1n) is 4.63. The number of nitrogens with one attached hydrogen (secondary N) is 1. The Hall–Kier alpha value is -1.29. The minimum absolute atomic E-state index is 0.107. The molecule has 1 aliphatic carbocycles. The van der Waals surface area contributed by atoms with Crippen LogP contribution >= 0.6 is 0 Å². The summed E-state index contributed by atoms with van der Waals surface area (Å²) in [6, 6.07) is 1.70. The number of Topliss-reactive ketones (excluding diaryl/α,β-unsaturated/α-hetero) is 1. The van der Waals surface area contributed by atoms with Crippen LogP contribution in [0.15, 0.2) is 18.5 Å². The molecule has 1 fully saturated rings. The second kappa shape index (κ2) is 3.84. The van der Waals surface area contributed by atoms with Gasteiger partial charge in [0.1, 0.15) is 5.82 Å². The normalized spacial score (nSPS) is 15.5. The lowest BCUT2D eigenvalue weighted by atomic mass is 10.2. The molecule has 0 amide bonds. The van der Waals surface area contributed by atoms with Gasteiger partial charge in [0.2, 0.25) is 0 Å². The van der Waals surface area contributed by atoms with Crippen molar-refractivity contribution in [1.82, 2.24) is 10.3 Å². The number of pyridine rings is 1. The predicted octanol–water partition coefficient (Wildman–Crippen LogP) is 1.16. The Morgan fingerprint density at radius 1 is 1.57 bits per heavy atom. The fraction of sp³-hybridized carbons (Fsp3) is 0.400. The Balaban J connectivity index is 1.95. The van der Waals surface area contributed by atoms with Gasteiger partial charge in [-0.25, -0.2) is 4.39 Å². The summed E-state index contributed by atoms with van der Waals surface area (Å²) >= 11 is 0. The van der Waals surface area contributed by atoms with Gasteiger partial charge in [-0.2, -0.15) is 0 Å². The highest BCUT2D eigenvalue weighted by Crippen LogP contribution is 2.18. The Morgan fingerprint density at radius 2 is 2.36 bits per heavy atom. The van der Waals surface area contributed by atoms with Gasteiger partial charge in [0, 0.05) is 17.8 Å². The molecular formula is C10H11FN2O. The average molecular weight is 194 g/mol. The standard InChI is InChI=1S/C10H11FN2O/c11-8-3-7(4-12-5-8)10(14)6-13-9-1-2-9/h3-5,9,13H,1-2,6H2. The van der Waals surface area contributed by atoms with Gasteiger partial charge in [-0.05, 0) is 18.9 Å². The van der Waals surface area contributed by atoms with Crippen LogP contribution in [0.2, 0.25) is 0 Å². The van der Waals surface area contributed by atoms with Crippen molar-refractivity contribution in [3.8, 4) is 0 Å². The van der Waals surface area contributed by atoms with Crippen LogP contribution in [0.3, 0.4) is 0 Å². The van der Waals surface area contributed by atoms with E-state index in [1.54, 1.807) is 0 Å². The molecule has 74 valence electrons. The van der Waals surface area contributed by atoms with E-state index in [2.05, 4.69) is 10.3 Å². The predicted molar refractivity (Wildman–Crippen MR) is 49.6 cm³/mol. The second-order valence-electron chi connectivity index (χ2n) is 3.47. The van der Waals surface area contributed by atoms with Gasteiger partial charge >= 0.3 is 0 Å². The zero-order valence-electron chi connectivity index (χ0n) is 7.66. The quantitative estimate of drug-likeness (QED) is 0.731. The maximum atomic E-state index is 12.7. The van der Waals surface area contributed by atoms with E-state index in [1.165, 1.54) is 12.3 Å². The minimum Gasteiger partial charge on any atom is -0.307 e.